The van der Waals surface area contributed by atoms with E-state index >= 15 is 0 Å². The summed E-state index contributed by atoms with van der Waals surface area (Å²) in [7, 11) is 0. The first kappa shape index (κ1) is 18.6. The van der Waals surface area contributed by atoms with Gasteiger partial charge in [0, 0.05) is 11.6 Å². The van der Waals surface area contributed by atoms with Crippen LogP contribution in [0.5, 0.6) is 0 Å². The van der Waals surface area contributed by atoms with Crippen molar-refractivity contribution in [1.29, 1.82) is 0 Å². The van der Waals surface area contributed by atoms with Crippen molar-refractivity contribution in [1.82, 2.24) is 10.5 Å². The summed E-state index contributed by atoms with van der Waals surface area (Å²) in [4.78, 5) is 24.2. The van der Waals surface area contributed by atoms with E-state index in [0.717, 1.165) is 23.8 Å². The third-order valence-electron chi connectivity index (χ3n) is 4.21. The van der Waals surface area contributed by atoms with Crippen molar-refractivity contribution in [3.8, 4) is 11.3 Å². The van der Waals surface area contributed by atoms with E-state index in [9.17, 15) is 9.59 Å². The number of hydrogen-bond donors (Lipinski definition) is 1. The highest BCUT2D eigenvalue weighted by atomic mass is 16.5. The highest BCUT2D eigenvalue weighted by molar-refractivity contribution is 5.99. The van der Waals surface area contributed by atoms with Gasteiger partial charge in [-0.2, -0.15) is 0 Å². The van der Waals surface area contributed by atoms with Crippen molar-refractivity contribution in [2.24, 2.45) is 0 Å². The molecule has 27 heavy (non-hydrogen) atoms. The Morgan fingerprint density at radius 1 is 1.19 bits per heavy atom. The molecule has 1 unspecified atom stereocenters. The molecule has 3 aromatic rings. The molecule has 6 heteroatoms. The van der Waals surface area contributed by atoms with Crippen molar-refractivity contribution in [3.05, 3.63) is 54.1 Å². The van der Waals surface area contributed by atoms with Crippen LogP contribution in [0.15, 0.2) is 53.1 Å². The predicted octanol–water partition coefficient (Wildman–Crippen LogP) is 3.96. The number of rotatable bonds is 7. The molecule has 0 radical (unpaired) electrons. The van der Waals surface area contributed by atoms with Crippen LogP contribution >= 0.6 is 0 Å². The molecule has 0 aliphatic heterocycles. The number of amides is 1. The summed E-state index contributed by atoms with van der Waals surface area (Å²) in [6, 6.07) is 14.6. The molecule has 0 saturated heterocycles. The van der Waals surface area contributed by atoms with Gasteiger partial charge in [0.25, 0.3) is 5.91 Å². The number of nitrogens with one attached hydrogen (secondary N) is 1. The maximum Gasteiger partial charge on any atom is 0.338 e. The number of carbonyl (C=O) groups excluding carboxylic acids is 2. The number of carbonyl (C=O) groups is 2. The lowest BCUT2D eigenvalue weighted by atomic mass is 10.1. The number of esters is 1. The van der Waals surface area contributed by atoms with Crippen LogP contribution in [-0.2, 0) is 9.53 Å². The molecule has 0 aliphatic carbocycles. The second kappa shape index (κ2) is 8.49. The third kappa shape index (κ3) is 4.53. The maximum absolute atomic E-state index is 12.3. The van der Waals surface area contributed by atoms with Gasteiger partial charge >= 0.3 is 5.97 Å². The van der Waals surface area contributed by atoms with Crippen molar-refractivity contribution in [3.63, 3.8) is 0 Å². The highest BCUT2D eigenvalue weighted by Crippen LogP contribution is 2.29. The molecule has 1 heterocycles. The highest BCUT2D eigenvalue weighted by Gasteiger charge is 2.16. The smallest absolute Gasteiger partial charge is 0.338 e. The normalized spacial score (nSPS) is 11.9. The zero-order valence-corrected chi connectivity index (χ0v) is 15.4. The van der Waals surface area contributed by atoms with Crippen LogP contribution in [0, 0.1) is 0 Å². The number of benzene rings is 2. The lowest BCUT2D eigenvalue weighted by Crippen LogP contribution is -2.35. The number of ether oxygens (including phenoxy) is 1. The molecule has 1 amide bonds. The van der Waals surface area contributed by atoms with Gasteiger partial charge in [-0.3, -0.25) is 4.79 Å². The lowest BCUT2D eigenvalue weighted by molar-refractivity contribution is -0.124. The van der Waals surface area contributed by atoms with Crippen LogP contribution in [0.4, 0.5) is 0 Å². The average molecular weight is 366 g/mol. The van der Waals surface area contributed by atoms with Crippen LogP contribution < -0.4 is 5.32 Å². The minimum atomic E-state index is -0.560. The third-order valence-corrected chi connectivity index (χ3v) is 4.21. The van der Waals surface area contributed by atoms with E-state index < -0.39 is 5.97 Å². The Labute approximate surface area is 157 Å². The van der Waals surface area contributed by atoms with Gasteiger partial charge in [0.15, 0.2) is 12.4 Å². The van der Waals surface area contributed by atoms with Crippen molar-refractivity contribution >= 4 is 22.8 Å². The number of nitrogens with zero attached hydrogens (tertiary/aromatic N) is 1. The zero-order valence-electron chi connectivity index (χ0n) is 15.4. The van der Waals surface area contributed by atoms with E-state index in [-0.39, 0.29) is 18.6 Å². The largest absolute Gasteiger partial charge is 0.452 e. The number of aromatic nitrogens is 1. The van der Waals surface area contributed by atoms with Crippen LogP contribution in [-0.4, -0.2) is 29.7 Å². The number of hydrogen-bond acceptors (Lipinski definition) is 5. The first-order valence-electron chi connectivity index (χ1n) is 9.00. The Hall–Kier alpha value is -3.15. The van der Waals surface area contributed by atoms with E-state index in [4.69, 9.17) is 9.26 Å². The Balaban J connectivity index is 1.71. The van der Waals surface area contributed by atoms with Crippen LogP contribution in [0.1, 0.15) is 37.0 Å². The molecular formula is C21H22N2O4. The lowest BCUT2D eigenvalue weighted by Gasteiger charge is -2.12. The van der Waals surface area contributed by atoms with E-state index in [1.165, 1.54) is 0 Å². The fourth-order valence-electron chi connectivity index (χ4n) is 2.90. The monoisotopic (exact) mass is 366 g/mol. The molecule has 1 atom stereocenters. The Morgan fingerprint density at radius 3 is 2.70 bits per heavy atom. The van der Waals surface area contributed by atoms with Gasteiger partial charge in [0.2, 0.25) is 0 Å². The maximum atomic E-state index is 12.3. The summed E-state index contributed by atoms with van der Waals surface area (Å²) in [5.74, 6) is -0.276. The van der Waals surface area contributed by atoms with Gasteiger partial charge in [0.1, 0.15) is 5.52 Å². The molecule has 1 N–H and O–H groups in total. The van der Waals surface area contributed by atoms with E-state index in [1.807, 2.05) is 44.2 Å². The van der Waals surface area contributed by atoms with Crippen LogP contribution in [0.25, 0.3) is 22.2 Å². The van der Waals surface area contributed by atoms with Crippen molar-refractivity contribution in [2.45, 2.75) is 32.7 Å². The Morgan fingerprint density at radius 2 is 1.96 bits per heavy atom. The molecule has 0 aliphatic rings. The molecule has 6 nitrogen and oxygen atoms in total. The molecule has 0 bridgehead atoms. The molecular weight excluding hydrogens is 344 g/mol. The molecule has 1 aromatic heterocycles. The molecule has 3 rings (SSSR count). The second-order valence-electron chi connectivity index (χ2n) is 6.44. The quantitative estimate of drug-likeness (QED) is 0.640. The SMILES string of the molecule is CCCC(C)NC(=O)COC(=O)c1ccc2noc(-c3ccccc3)c2c1. The minimum absolute atomic E-state index is 0.0583. The molecule has 140 valence electrons. The molecule has 0 spiro atoms. The summed E-state index contributed by atoms with van der Waals surface area (Å²) < 4.78 is 10.6. The molecule has 0 fully saturated rings. The fraction of sp³-hybridized carbons (Fsp3) is 0.286. The topological polar surface area (TPSA) is 81.4 Å². The van der Waals surface area contributed by atoms with Gasteiger partial charge in [-0.15, -0.1) is 0 Å². The minimum Gasteiger partial charge on any atom is -0.452 e. The standard InChI is InChI=1S/C21H22N2O4/c1-3-7-14(2)22-19(24)13-26-21(25)16-10-11-18-17(12-16)20(27-23-18)15-8-5-4-6-9-15/h4-6,8-12,14H,3,7,13H2,1-2H3,(H,22,24). The summed E-state index contributed by atoms with van der Waals surface area (Å²) in [5.41, 5.74) is 1.86. The van der Waals surface area contributed by atoms with E-state index in [2.05, 4.69) is 10.5 Å². The van der Waals surface area contributed by atoms with Gasteiger partial charge in [-0.25, -0.2) is 4.79 Å². The van der Waals surface area contributed by atoms with Gasteiger partial charge in [-0.05, 0) is 31.5 Å². The second-order valence-corrected chi connectivity index (χ2v) is 6.44. The van der Waals surface area contributed by atoms with Crippen LogP contribution in [0.2, 0.25) is 0 Å². The zero-order chi connectivity index (χ0) is 19.2. The van der Waals surface area contributed by atoms with Crippen molar-refractivity contribution in [2.75, 3.05) is 6.61 Å². The summed E-state index contributed by atoms with van der Waals surface area (Å²) in [6.07, 6.45) is 1.86. The summed E-state index contributed by atoms with van der Waals surface area (Å²) in [5, 5.41) is 7.55. The van der Waals surface area contributed by atoms with E-state index in [0.29, 0.717) is 16.8 Å². The molecule has 2 aromatic carbocycles. The first-order valence-corrected chi connectivity index (χ1v) is 9.00. The van der Waals surface area contributed by atoms with Gasteiger partial charge < -0.3 is 14.6 Å². The summed E-state index contributed by atoms with van der Waals surface area (Å²) in [6.45, 7) is 3.67. The van der Waals surface area contributed by atoms with Gasteiger partial charge in [-0.1, -0.05) is 48.8 Å². The van der Waals surface area contributed by atoms with E-state index in [1.54, 1.807) is 18.2 Å². The Bertz CT molecular complexity index is 934. The summed E-state index contributed by atoms with van der Waals surface area (Å²) >= 11 is 0. The Kier molecular flexibility index (Phi) is 5.86. The van der Waals surface area contributed by atoms with Gasteiger partial charge in [0.05, 0.1) is 10.9 Å². The van der Waals surface area contributed by atoms with Crippen molar-refractivity contribution < 1.29 is 18.8 Å². The van der Waals surface area contributed by atoms with Crippen LogP contribution in [0.3, 0.4) is 0 Å². The first-order chi connectivity index (χ1) is 13.1. The predicted molar refractivity (Wildman–Crippen MR) is 102 cm³/mol. The average Bonchev–Trinajstić information content (AvgIpc) is 3.10. The number of fused-ring (bicyclic) bond motifs is 1. The fourth-order valence-corrected chi connectivity index (χ4v) is 2.90. The molecule has 0 saturated carbocycles.